The summed E-state index contributed by atoms with van der Waals surface area (Å²) in [7, 11) is -2.13. The summed E-state index contributed by atoms with van der Waals surface area (Å²) < 4.78 is 32.7. The largest absolute Gasteiger partial charge is 0.419 e. The van der Waals surface area contributed by atoms with Gasteiger partial charge in [-0.05, 0) is 25.0 Å². The fourth-order valence-corrected chi connectivity index (χ4v) is 4.09. The molecule has 0 unspecified atom stereocenters. The van der Waals surface area contributed by atoms with E-state index in [4.69, 9.17) is 4.42 Å². The second-order valence-corrected chi connectivity index (χ2v) is 7.15. The Hall–Kier alpha value is -1.64. The van der Waals surface area contributed by atoms with Crippen LogP contribution < -0.4 is 5.76 Å². The van der Waals surface area contributed by atoms with Gasteiger partial charge in [-0.2, -0.15) is 4.31 Å². The molecule has 21 heavy (non-hydrogen) atoms. The van der Waals surface area contributed by atoms with E-state index in [2.05, 4.69) is 0 Å². The highest BCUT2D eigenvalue weighted by Crippen LogP contribution is 2.23. The molecule has 114 valence electrons. The number of aromatic nitrogens is 1. The molecule has 1 fully saturated rings. The topological polar surface area (TPSA) is 92.8 Å². The molecule has 0 saturated carbocycles. The van der Waals surface area contributed by atoms with Gasteiger partial charge in [-0.15, -0.1) is 0 Å². The number of fused-ring (bicyclic) bond motifs is 1. The molecule has 0 spiro atoms. The zero-order valence-corrected chi connectivity index (χ0v) is 12.3. The molecule has 1 aliphatic rings. The van der Waals surface area contributed by atoms with Gasteiger partial charge in [0.25, 0.3) is 0 Å². The van der Waals surface area contributed by atoms with Crippen LogP contribution in [0.2, 0.25) is 0 Å². The van der Waals surface area contributed by atoms with Crippen LogP contribution in [0.25, 0.3) is 11.1 Å². The highest BCUT2D eigenvalue weighted by atomic mass is 32.2. The second-order valence-electron chi connectivity index (χ2n) is 5.22. The summed E-state index contributed by atoms with van der Waals surface area (Å²) in [5, 5.41) is 9.63. The first-order chi connectivity index (χ1) is 9.89. The number of β-amino-alcohol motifs (C(OH)–C–C–N with tert-alkyl or cyclic N) is 1. The summed E-state index contributed by atoms with van der Waals surface area (Å²) in [6.45, 7) is 0.481. The van der Waals surface area contributed by atoms with Gasteiger partial charge in [0.2, 0.25) is 10.0 Å². The van der Waals surface area contributed by atoms with Crippen molar-refractivity contribution in [2.24, 2.45) is 7.05 Å². The fraction of sp³-hybridized carbons (Fsp3) is 0.462. The van der Waals surface area contributed by atoms with E-state index in [9.17, 15) is 18.3 Å². The number of rotatable bonds is 2. The number of aliphatic hydroxyl groups is 1. The third kappa shape index (κ3) is 2.39. The van der Waals surface area contributed by atoms with Crippen LogP contribution in [0.5, 0.6) is 0 Å². The van der Waals surface area contributed by atoms with Crippen LogP contribution in [0.15, 0.2) is 32.3 Å². The predicted molar refractivity (Wildman–Crippen MR) is 75.5 cm³/mol. The molecule has 1 N–H and O–H groups in total. The Bertz CT molecular complexity index is 836. The molecule has 2 heterocycles. The van der Waals surface area contributed by atoms with E-state index >= 15 is 0 Å². The van der Waals surface area contributed by atoms with Gasteiger partial charge in [-0.3, -0.25) is 4.57 Å². The second kappa shape index (κ2) is 4.97. The van der Waals surface area contributed by atoms with Crippen molar-refractivity contribution in [2.75, 3.05) is 13.1 Å². The number of hydrogen-bond donors (Lipinski definition) is 1. The van der Waals surface area contributed by atoms with Gasteiger partial charge in [-0.25, -0.2) is 13.2 Å². The molecule has 7 nitrogen and oxygen atoms in total. The van der Waals surface area contributed by atoms with Crippen LogP contribution in [0.1, 0.15) is 12.8 Å². The van der Waals surface area contributed by atoms with Gasteiger partial charge in [0.05, 0.1) is 16.5 Å². The Balaban J connectivity index is 2.04. The highest BCUT2D eigenvalue weighted by molar-refractivity contribution is 7.89. The number of nitrogens with zero attached hydrogens (tertiary/aromatic N) is 2. The summed E-state index contributed by atoms with van der Waals surface area (Å²) in [4.78, 5) is 11.5. The molecule has 0 aliphatic carbocycles. The summed E-state index contributed by atoms with van der Waals surface area (Å²) >= 11 is 0. The number of oxazole rings is 1. The molecule has 0 radical (unpaired) electrons. The molecule has 1 aliphatic heterocycles. The van der Waals surface area contributed by atoms with Gasteiger partial charge < -0.3 is 9.52 Å². The van der Waals surface area contributed by atoms with Crippen molar-refractivity contribution in [1.29, 1.82) is 0 Å². The quantitative estimate of drug-likeness (QED) is 0.859. The van der Waals surface area contributed by atoms with Crippen molar-refractivity contribution in [1.82, 2.24) is 8.87 Å². The first-order valence-corrected chi connectivity index (χ1v) is 8.11. The maximum Gasteiger partial charge on any atom is 0.419 e. The van der Waals surface area contributed by atoms with Crippen LogP contribution >= 0.6 is 0 Å². The zero-order valence-electron chi connectivity index (χ0n) is 11.5. The van der Waals surface area contributed by atoms with Crippen LogP contribution in [-0.4, -0.2) is 41.6 Å². The normalized spacial score (nSPS) is 21.0. The number of hydrogen-bond acceptors (Lipinski definition) is 5. The molecule has 3 rings (SSSR count). The average molecular weight is 312 g/mol. The SMILES string of the molecule is Cn1c(=O)oc2cc(S(=O)(=O)N3CCC[C@H](O)C3)ccc21. The minimum Gasteiger partial charge on any atom is -0.408 e. The monoisotopic (exact) mass is 312 g/mol. The number of sulfonamides is 1. The van der Waals surface area contributed by atoms with Crippen LogP contribution in [-0.2, 0) is 17.1 Å². The summed E-state index contributed by atoms with van der Waals surface area (Å²) in [5.41, 5.74) is 0.777. The van der Waals surface area contributed by atoms with Crippen molar-refractivity contribution in [3.63, 3.8) is 0 Å². The molecule has 8 heteroatoms. The Morgan fingerprint density at radius 2 is 2.14 bits per heavy atom. The first kappa shape index (κ1) is 14.3. The van der Waals surface area contributed by atoms with Crippen molar-refractivity contribution < 1.29 is 17.9 Å². The van der Waals surface area contributed by atoms with E-state index in [0.29, 0.717) is 24.9 Å². The lowest BCUT2D eigenvalue weighted by Gasteiger charge is -2.29. The van der Waals surface area contributed by atoms with Gasteiger partial charge in [0, 0.05) is 26.2 Å². The van der Waals surface area contributed by atoms with E-state index in [1.807, 2.05) is 0 Å². The Kier molecular flexibility index (Phi) is 3.39. The number of aliphatic hydroxyl groups excluding tert-OH is 1. The lowest BCUT2D eigenvalue weighted by molar-refractivity contribution is 0.108. The molecule has 1 saturated heterocycles. The van der Waals surface area contributed by atoms with Crippen LogP contribution in [0.4, 0.5) is 0 Å². The highest BCUT2D eigenvalue weighted by Gasteiger charge is 2.29. The van der Waals surface area contributed by atoms with Gasteiger partial charge in [0.15, 0.2) is 5.58 Å². The van der Waals surface area contributed by atoms with E-state index in [-0.39, 0.29) is 17.0 Å². The summed E-state index contributed by atoms with van der Waals surface area (Å²) in [6.07, 6.45) is 0.605. The Morgan fingerprint density at radius 1 is 1.38 bits per heavy atom. The van der Waals surface area contributed by atoms with Crippen molar-refractivity contribution in [3.05, 3.63) is 28.7 Å². The van der Waals surface area contributed by atoms with E-state index in [1.54, 1.807) is 13.1 Å². The van der Waals surface area contributed by atoms with Gasteiger partial charge in [-0.1, -0.05) is 0 Å². The Morgan fingerprint density at radius 3 is 2.86 bits per heavy atom. The predicted octanol–water partition coefficient (Wildman–Crippen LogP) is 0.277. The number of piperidine rings is 1. The van der Waals surface area contributed by atoms with Crippen molar-refractivity contribution >= 4 is 21.1 Å². The maximum absolute atomic E-state index is 12.6. The molecule has 0 bridgehead atoms. The third-order valence-electron chi connectivity index (χ3n) is 3.76. The van der Waals surface area contributed by atoms with Crippen LogP contribution in [0.3, 0.4) is 0 Å². The minimum atomic E-state index is -3.69. The molecule has 0 amide bonds. The lowest BCUT2D eigenvalue weighted by Crippen LogP contribution is -2.42. The molecule has 1 atom stereocenters. The maximum atomic E-state index is 12.6. The van der Waals surface area contributed by atoms with Crippen LogP contribution in [0, 0.1) is 0 Å². The molecular formula is C13H16N2O5S. The van der Waals surface area contributed by atoms with E-state index in [0.717, 1.165) is 0 Å². The van der Waals surface area contributed by atoms with Crippen molar-refractivity contribution in [2.45, 2.75) is 23.8 Å². The zero-order chi connectivity index (χ0) is 15.2. The molecular weight excluding hydrogens is 296 g/mol. The van der Waals surface area contributed by atoms with Crippen molar-refractivity contribution in [3.8, 4) is 0 Å². The smallest absolute Gasteiger partial charge is 0.408 e. The summed E-state index contributed by atoms with van der Waals surface area (Å²) in [5.74, 6) is -0.534. The standard InChI is InChI=1S/C13H16N2O5S/c1-14-11-5-4-10(7-12(11)20-13(14)17)21(18,19)15-6-2-3-9(16)8-15/h4-5,7,9,16H,2-3,6,8H2,1H3/t9-/m0/s1. The van der Waals surface area contributed by atoms with Gasteiger partial charge >= 0.3 is 5.76 Å². The minimum absolute atomic E-state index is 0.0680. The number of aryl methyl sites for hydroxylation is 1. The third-order valence-corrected chi connectivity index (χ3v) is 5.62. The lowest BCUT2D eigenvalue weighted by atomic mass is 10.1. The molecule has 1 aromatic carbocycles. The Labute approximate surface area is 121 Å². The first-order valence-electron chi connectivity index (χ1n) is 6.67. The fourth-order valence-electron chi connectivity index (χ4n) is 2.56. The molecule has 2 aromatic rings. The van der Waals surface area contributed by atoms with E-state index < -0.39 is 21.9 Å². The number of benzene rings is 1. The average Bonchev–Trinajstić information content (AvgIpc) is 2.73. The molecule has 1 aromatic heterocycles. The summed E-state index contributed by atoms with van der Waals surface area (Å²) in [6, 6.07) is 4.36. The van der Waals surface area contributed by atoms with Gasteiger partial charge in [0.1, 0.15) is 0 Å². The van der Waals surface area contributed by atoms with E-state index in [1.165, 1.54) is 21.0 Å².